The van der Waals surface area contributed by atoms with Crippen molar-refractivity contribution < 1.29 is 18.0 Å². The first kappa shape index (κ1) is 21.0. The highest BCUT2D eigenvalue weighted by Crippen LogP contribution is 2.35. The van der Waals surface area contributed by atoms with Crippen LogP contribution in [0.1, 0.15) is 66.4 Å². The van der Waals surface area contributed by atoms with E-state index in [2.05, 4.69) is 5.32 Å². The molecule has 2 saturated heterocycles. The van der Waals surface area contributed by atoms with Gasteiger partial charge in [0.05, 0.1) is 5.56 Å². The molecule has 2 heterocycles. The smallest absolute Gasteiger partial charge is 0.336 e. The Morgan fingerprint density at radius 2 is 1.81 bits per heavy atom. The minimum atomic E-state index is -4.44. The molecule has 0 bridgehead atoms. The molecule has 1 N–H and O–H groups in total. The van der Waals surface area contributed by atoms with Crippen LogP contribution >= 0.6 is 12.4 Å². The van der Waals surface area contributed by atoms with Gasteiger partial charge >= 0.3 is 6.18 Å². The summed E-state index contributed by atoms with van der Waals surface area (Å²) in [5.74, 6) is -0.192. The van der Waals surface area contributed by atoms with E-state index < -0.39 is 11.7 Å². The van der Waals surface area contributed by atoms with Crippen molar-refractivity contribution >= 4 is 18.3 Å². The molecule has 1 unspecified atom stereocenters. The highest BCUT2D eigenvalue weighted by atomic mass is 35.5. The van der Waals surface area contributed by atoms with Gasteiger partial charge in [-0.3, -0.25) is 4.79 Å². The number of benzene rings is 1. The van der Waals surface area contributed by atoms with Crippen LogP contribution in [-0.4, -0.2) is 36.5 Å². The lowest BCUT2D eigenvalue weighted by molar-refractivity contribution is -0.137. The molecule has 146 valence electrons. The van der Waals surface area contributed by atoms with Crippen LogP contribution in [0.15, 0.2) is 18.2 Å². The number of rotatable bonds is 2. The van der Waals surface area contributed by atoms with Crippen LogP contribution in [0.25, 0.3) is 0 Å². The highest BCUT2D eigenvalue weighted by Gasteiger charge is 2.34. The predicted molar refractivity (Wildman–Crippen MR) is 97.9 cm³/mol. The Balaban J connectivity index is 0.00000243. The monoisotopic (exact) mass is 390 g/mol. The van der Waals surface area contributed by atoms with E-state index in [1.165, 1.54) is 6.07 Å². The molecule has 1 aromatic rings. The summed E-state index contributed by atoms with van der Waals surface area (Å²) >= 11 is 0. The average Bonchev–Trinajstić information content (AvgIpc) is 2.61. The van der Waals surface area contributed by atoms with Gasteiger partial charge in [0.1, 0.15) is 0 Å². The number of amides is 1. The van der Waals surface area contributed by atoms with Gasteiger partial charge in [0.2, 0.25) is 0 Å². The van der Waals surface area contributed by atoms with Crippen LogP contribution in [-0.2, 0) is 6.18 Å². The van der Waals surface area contributed by atoms with Gasteiger partial charge in [0, 0.05) is 18.2 Å². The molecule has 2 aliphatic rings. The number of likely N-dealkylation sites (tertiary alicyclic amines) is 1. The first-order chi connectivity index (χ1) is 11.9. The van der Waals surface area contributed by atoms with Gasteiger partial charge < -0.3 is 10.2 Å². The van der Waals surface area contributed by atoms with Crippen molar-refractivity contribution in [3.05, 3.63) is 34.9 Å². The minimum absolute atomic E-state index is 0. The number of piperidine rings is 2. The number of carbonyl (C=O) groups is 1. The fraction of sp³-hybridized carbons (Fsp3) is 0.632. The van der Waals surface area contributed by atoms with E-state index in [4.69, 9.17) is 0 Å². The van der Waals surface area contributed by atoms with E-state index >= 15 is 0 Å². The van der Waals surface area contributed by atoms with Gasteiger partial charge in [-0.15, -0.1) is 12.4 Å². The Kier molecular flexibility index (Phi) is 6.97. The summed E-state index contributed by atoms with van der Waals surface area (Å²) in [6.45, 7) is 4.19. The summed E-state index contributed by atoms with van der Waals surface area (Å²) in [6.07, 6.45) is 0.0471. The van der Waals surface area contributed by atoms with E-state index in [-0.39, 0.29) is 35.8 Å². The van der Waals surface area contributed by atoms with E-state index in [1.54, 1.807) is 11.0 Å². The maximum absolute atomic E-state index is 13.4. The number of halogens is 4. The third kappa shape index (κ3) is 4.71. The lowest BCUT2D eigenvalue weighted by Crippen LogP contribution is -2.42. The maximum Gasteiger partial charge on any atom is 0.416 e. The zero-order valence-corrected chi connectivity index (χ0v) is 15.8. The molecule has 0 spiro atoms. The molecular weight excluding hydrogens is 365 g/mol. The molecule has 0 aromatic heterocycles. The number of hydrogen-bond acceptors (Lipinski definition) is 2. The first-order valence-corrected chi connectivity index (χ1v) is 9.10. The second-order valence-electron chi connectivity index (χ2n) is 7.21. The lowest BCUT2D eigenvalue weighted by atomic mass is 9.87. The summed E-state index contributed by atoms with van der Waals surface area (Å²) < 4.78 is 40.1. The Morgan fingerprint density at radius 1 is 1.12 bits per heavy atom. The number of hydrogen-bond donors (Lipinski definition) is 1. The number of nitrogens with one attached hydrogen (secondary N) is 1. The number of nitrogens with zero attached hydrogens (tertiary/aromatic N) is 1. The van der Waals surface area contributed by atoms with Gasteiger partial charge in [0.25, 0.3) is 5.91 Å². The SMILES string of the molecule is CC1CCCCN1C(=O)c1cc(C2CCNCC2)cc(C(F)(F)F)c1.Cl. The largest absolute Gasteiger partial charge is 0.416 e. The molecule has 26 heavy (non-hydrogen) atoms. The Labute approximate surface area is 158 Å². The van der Waals surface area contributed by atoms with Gasteiger partial charge in [-0.25, -0.2) is 0 Å². The maximum atomic E-state index is 13.4. The number of alkyl halides is 3. The van der Waals surface area contributed by atoms with Crippen molar-refractivity contribution in [2.24, 2.45) is 0 Å². The number of carbonyl (C=O) groups excluding carboxylic acids is 1. The molecule has 2 aliphatic heterocycles. The van der Waals surface area contributed by atoms with E-state index in [0.29, 0.717) is 12.1 Å². The van der Waals surface area contributed by atoms with Crippen molar-refractivity contribution in [2.75, 3.05) is 19.6 Å². The van der Waals surface area contributed by atoms with Gasteiger partial charge in [0.15, 0.2) is 0 Å². The quantitative estimate of drug-likeness (QED) is 0.799. The van der Waals surface area contributed by atoms with Crippen molar-refractivity contribution in [1.29, 1.82) is 0 Å². The molecule has 3 rings (SSSR count). The van der Waals surface area contributed by atoms with E-state index in [0.717, 1.165) is 51.3 Å². The van der Waals surface area contributed by atoms with Crippen LogP contribution in [0.3, 0.4) is 0 Å². The zero-order valence-electron chi connectivity index (χ0n) is 14.9. The van der Waals surface area contributed by atoms with Crippen LogP contribution < -0.4 is 5.32 Å². The van der Waals surface area contributed by atoms with Gasteiger partial charge in [-0.2, -0.15) is 13.2 Å². The molecule has 1 amide bonds. The summed E-state index contributed by atoms with van der Waals surface area (Å²) in [4.78, 5) is 14.6. The molecule has 0 aliphatic carbocycles. The molecule has 1 atom stereocenters. The zero-order chi connectivity index (χ0) is 18.0. The Morgan fingerprint density at radius 3 is 2.42 bits per heavy atom. The van der Waals surface area contributed by atoms with Gasteiger partial charge in [-0.1, -0.05) is 0 Å². The fourth-order valence-electron chi connectivity index (χ4n) is 3.90. The summed E-state index contributed by atoms with van der Waals surface area (Å²) in [5.41, 5.74) is 0.109. The van der Waals surface area contributed by atoms with Gasteiger partial charge in [-0.05, 0) is 81.8 Å². The topological polar surface area (TPSA) is 32.3 Å². The third-order valence-corrected chi connectivity index (χ3v) is 5.40. The van der Waals surface area contributed by atoms with E-state index in [9.17, 15) is 18.0 Å². The standard InChI is InChI=1S/C19H25F3N2O.ClH/c1-13-4-2-3-9-24(13)18(25)16-10-15(14-5-7-23-8-6-14)11-17(12-16)19(20,21)22;/h10-14,23H,2-9H2,1H3;1H. The van der Waals surface area contributed by atoms with Crippen LogP contribution in [0, 0.1) is 0 Å². The van der Waals surface area contributed by atoms with Crippen molar-refractivity contribution in [2.45, 2.75) is 57.2 Å². The molecule has 0 saturated carbocycles. The predicted octanol–water partition coefficient (Wildman–Crippen LogP) is 4.61. The molecule has 7 heteroatoms. The van der Waals surface area contributed by atoms with Crippen molar-refractivity contribution in [3.63, 3.8) is 0 Å². The Bertz CT molecular complexity index is 630. The average molecular weight is 391 g/mol. The Hall–Kier alpha value is -1.27. The lowest BCUT2D eigenvalue weighted by Gasteiger charge is -2.34. The van der Waals surface area contributed by atoms with Crippen LogP contribution in [0.2, 0.25) is 0 Å². The minimum Gasteiger partial charge on any atom is -0.336 e. The molecule has 1 aromatic carbocycles. The summed E-state index contributed by atoms with van der Waals surface area (Å²) in [7, 11) is 0. The second kappa shape index (κ2) is 8.61. The summed E-state index contributed by atoms with van der Waals surface area (Å²) in [6, 6.07) is 4.02. The van der Waals surface area contributed by atoms with Crippen molar-refractivity contribution in [3.8, 4) is 0 Å². The summed E-state index contributed by atoms with van der Waals surface area (Å²) in [5, 5.41) is 3.23. The second-order valence-corrected chi connectivity index (χ2v) is 7.21. The normalized spacial score (nSPS) is 22.0. The van der Waals surface area contributed by atoms with Crippen LogP contribution in [0.5, 0.6) is 0 Å². The van der Waals surface area contributed by atoms with Crippen molar-refractivity contribution in [1.82, 2.24) is 10.2 Å². The third-order valence-electron chi connectivity index (χ3n) is 5.40. The molecule has 0 radical (unpaired) electrons. The van der Waals surface area contributed by atoms with Crippen LogP contribution in [0.4, 0.5) is 13.2 Å². The molecule has 2 fully saturated rings. The van der Waals surface area contributed by atoms with E-state index in [1.807, 2.05) is 6.92 Å². The molecule has 3 nitrogen and oxygen atoms in total. The fourth-order valence-corrected chi connectivity index (χ4v) is 3.90. The first-order valence-electron chi connectivity index (χ1n) is 9.10. The molecular formula is C19H26ClF3N2O. The highest BCUT2D eigenvalue weighted by molar-refractivity contribution is 5.95.